The fourth-order valence-electron chi connectivity index (χ4n) is 0.986. The van der Waals surface area contributed by atoms with Crippen molar-refractivity contribution in [2.75, 3.05) is 6.61 Å². The summed E-state index contributed by atoms with van der Waals surface area (Å²) in [6.07, 6.45) is 5.16. The average molecular weight is 170 g/mol. The molecule has 1 rings (SSSR count). The summed E-state index contributed by atoms with van der Waals surface area (Å²) < 4.78 is 5.03. The fourth-order valence-corrected chi connectivity index (χ4v) is 0.986. The summed E-state index contributed by atoms with van der Waals surface area (Å²) in [6.45, 7) is 2.51. The molecule has 1 aliphatic rings. The molecular weight excluding hydrogens is 156 g/mol. The molecule has 0 aromatic rings. The molecule has 0 spiro atoms. The molecule has 1 N–H and O–H groups in total. The maximum Gasteiger partial charge on any atom is 0.330 e. The highest BCUT2D eigenvalue weighted by molar-refractivity contribution is 5.85. The van der Waals surface area contributed by atoms with Crippen LogP contribution in [0.2, 0.25) is 0 Å². The lowest BCUT2D eigenvalue weighted by Gasteiger charge is -1.93. The van der Waals surface area contributed by atoms with E-state index in [1.165, 1.54) is 0 Å². The van der Waals surface area contributed by atoms with Crippen molar-refractivity contribution < 1.29 is 14.6 Å². The van der Waals surface area contributed by atoms with Crippen LogP contribution in [-0.2, 0) is 9.53 Å². The predicted molar refractivity (Wildman–Crippen MR) is 45.0 cm³/mol. The van der Waals surface area contributed by atoms with Gasteiger partial charge in [0, 0.05) is 5.57 Å². The van der Waals surface area contributed by atoms with Gasteiger partial charge in [0.15, 0.2) is 0 Å². The third-order valence-electron chi connectivity index (χ3n) is 1.92. The Morgan fingerprint density at radius 2 is 2.42 bits per heavy atom. The van der Waals surface area contributed by atoms with E-state index in [0.717, 1.165) is 25.9 Å². The molecular formula is C9H14O3. The Hall–Kier alpha value is -0.830. The van der Waals surface area contributed by atoms with E-state index in [2.05, 4.69) is 0 Å². The number of allylic oxidation sites excluding steroid dienone is 1. The van der Waals surface area contributed by atoms with Gasteiger partial charge in [-0.3, -0.25) is 0 Å². The molecule has 1 aliphatic heterocycles. The number of hydrogen-bond donors (Lipinski definition) is 1. The van der Waals surface area contributed by atoms with Gasteiger partial charge in [-0.1, -0.05) is 6.08 Å². The molecule has 0 amide bonds. The third-order valence-corrected chi connectivity index (χ3v) is 1.92. The highest BCUT2D eigenvalue weighted by Gasteiger charge is 2.20. The Balaban J connectivity index is 2.05. The second kappa shape index (κ2) is 4.26. The van der Waals surface area contributed by atoms with E-state index in [1.54, 1.807) is 13.0 Å². The van der Waals surface area contributed by atoms with Gasteiger partial charge in [0.25, 0.3) is 0 Å². The van der Waals surface area contributed by atoms with Crippen molar-refractivity contribution in [3.63, 3.8) is 0 Å². The Kier molecular flexibility index (Phi) is 3.29. The maximum atomic E-state index is 10.3. The van der Waals surface area contributed by atoms with E-state index < -0.39 is 5.97 Å². The lowest BCUT2D eigenvalue weighted by atomic mass is 10.1. The van der Waals surface area contributed by atoms with Crippen LogP contribution in [-0.4, -0.2) is 23.8 Å². The number of hydrogen-bond acceptors (Lipinski definition) is 2. The molecule has 1 fully saturated rings. The summed E-state index contributed by atoms with van der Waals surface area (Å²) >= 11 is 0. The third kappa shape index (κ3) is 3.53. The van der Waals surface area contributed by atoms with E-state index in [-0.39, 0.29) is 0 Å². The normalized spacial score (nSPS) is 22.4. The molecule has 0 radical (unpaired) electrons. The van der Waals surface area contributed by atoms with Gasteiger partial charge in [-0.25, -0.2) is 4.79 Å². The predicted octanol–water partition coefficient (Wildman–Crippen LogP) is 1.59. The number of unbranched alkanes of at least 4 members (excludes halogenated alkanes) is 1. The lowest BCUT2D eigenvalue weighted by Crippen LogP contribution is -1.95. The van der Waals surface area contributed by atoms with Crippen molar-refractivity contribution in [3.8, 4) is 0 Å². The quantitative estimate of drug-likeness (QED) is 0.387. The fraction of sp³-hybridized carbons (Fsp3) is 0.667. The minimum absolute atomic E-state index is 0.437. The highest BCUT2D eigenvalue weighted by Crippen LogP contribution is 2.16. The molecule has 0 aliphatic carbocycles. The van der Waals surface area contributed by atoms with Crippen molar-refractivity contribution in [2.24, 2.45) is 0 Å². The SMILES string of the molecule is C/C(=C\CCCC1CO1)C(=O)O. The standard InChI is InChI=1S/C9H14O3/c1-7(9(10)11)4-2-3-5-8-6-12-8/h4,8H,2-3,5-6H2,1H3,(H,10,11)/b7-4+. The number of carbonyl (C=O) groups is 1. The summed E-state index contributed by atoms with van der Waals surface area (Å²) in [7, 11) is 0. The molecule has 12 heavy (non-hydrogen) atoms. The zero-order valence-corrected chi connectivity index (χ0v) is 7.25. The van der Waals surface area contributed by atoms with Crippen molar-refractivity contribution >= 4 is 5.97 Å². The maximum absolute atomic E-state index is 10.3. The van der Waals surface area contributed by atoms with Gasteiger partial charge in [0.2, 0.25) is 0 Å². The molecule has 0 bridgehead atoms. The van der Waals surface area contributed by atoms with E-state index in [9.17, 15) is 4.79 Å². The van der Waals surface area contributed by atoms with Crippen LogP contribution >= 0.6 is 0 Å². The number of carboxylic acid groups (broad SMARTS) is 1. The summed E-state index contributed by atoms with van der Waals surface area (Å²) in [5, 5.41) is 8.51. The lowest BCUT2D eigenvalue weighted by molar-refractivity contribution is -0.132. The minimum Gasteiger partial charge on any atom is -0.478 e. The van der Waals surface area contributed by atoms with Crippen LogP contribution in [0.1, 0.15) is 26.2 Å². The van der Waals surface area contributed by atoms with E-state index in [0.29, 0.717) is 11.7 Å². The minimum atomic E-state index is -0.822. The Bertz CT molecular complexity index is 192. The molecule has 1 atom stereocenters. The van der Waals surface area contributed by atoms with Crippen LogP contribution in [0.3, 0.4) is 0 Å². The summed E-state index contributed by atoms with van der Waals surface area (Å²) in [5.74, 6) is -0.822. The van der Waals surface area contributed by atoms with Gasteiger partial charge in [-0.05, 0) is 26.2 Å². The number of epoxide rings is 1. The van der Waals surface area contributed by atoms with E-state index in [4.69, 9.17) is 9.84 Å². The molecule has 0 aromatic carbocycles. The average Bonchev–Trinajstić information content (AvgIpc) is 2.80. The largest absolute Gasteiger partial charge is 0.478 e. The van der Waals surface area contributed by atoms with Gasteiger partial charge in [0.1, 0.15) is 0 Å². The molecule has 1 unspecified atom stereocenters. The van der Waals surface area contributed by atoms with Crippen LogP contribution in [0.25, 0.3) is 0 Å². The number of aliphatic carboxylic acids is 1. The first kappa shape index (κ1) is 9.26. The van der Waals surface area contributed by atoms with Crippen LogP contribution in [0.5, 0.6) is 0 Å². The molecule has 0 aromatic heterocycles. The number of carboxylic acids is 1. The Morgan fingerprint density at radius 1 is 1.75 bits per heavy atom. The summed E-state index contributed by atoms with van der Waals surface area (Å²) in [5.41, 5.74) is 0.437. The summed E-state index contributed by atoms with van der Waals surface area (Å²) in [6, 6.07) is 0. The van der Waals surface area contributed by atoms with Gasteiger partial charge in [-0.15, -0.1) is 0 Å². The smallest absolute Gasteiger partial charge is 0.330 e. The first-order chi connectivity index (χ1) is 5.70. The van der Waals surface area contributed by atoms with Crippen LogP contribution in [0.15, 0.2) is 11.6 Å². The van der Waals surface area contributed by atoms with Gasteiger partial charge in [0.05, 0.1) is 12.7 Å². The van der Waals surface area contributed by atoms with Crippen molar-refractivity contribution in [3.05, 3.63) is 11.6 Å². The zero-order valence-electron chi connectivity index (χ0n) is 7.25. The first-order valence-corrected chi connectivity index (χ1v) is 4.22. The highest BCUT2D eigenvalue weighted by atomic mass is 16.6. The topological polar surface area (TPSA) is 49.8 Å². The molecule has 0 saturated carbocycles. The first-order valence-electron chi connectivity index (χ1n) is 4.22. The van der Waals surface area contributed by atoms with E-state index in [1.807, 2.05) is 0 Å². The second-order valence-electron chi connectivity index (χ2n) is 3.08. The van der Waals surface area contributed by atoms with Gasteiger partial charge in [-0.2, -0.15) is 0 Å². The van der Waals surface area contributed by atoms with Crippen LogP contribution in [0.4, 0.5) is 0 Å². The van der Waals surface area contributed by atoms with Crippen molar-refractivity contribution in [2.45, 2.75) is 32.3 Å². The van der Waals surface area contributed by atoms with Crippen molar-refractivity contribution in [1.29, 1.82) is 0 Å². The molecule has 3 heteroatoms. The Labute approximate surface area is 72.0 Å². The number of ether oxygens (including phenoxy) is 1. The second-order valence-corrected chi connectivity index (χ2v) is 3.08. The monoisotopic (exact) mass is 170 g/mol. The molecule has 3 nitrogen and oxygen atoms in total. The van der Waals surface area contributed by atoms with Gasteiger partial charge < -0.3 is 9.84 Å². The van der Waals surface area contributed by atoms with Crippen LogP contribution in [0, 0.1) is 0 Å². The number of rotatable bonds is 5. The molecule has 68 valence electrons. The van der Waals surface area contributed by atoms with Crippen molar-refractivity contribution in [1.82, 2.24) is 0 Å². The Morgan fingerprint density at radius 3 is 2.92 bits per heavy atom. The zero-order chi connectivity index (χ0) is 8.97. The summed E-state index contributed by atoms with van der Waals surface area (Å²) in [4.78, 5) is 10.3. The molecule has 1 saturated heterocycles. The van der Waals surface area contributed by atoms with E-state index >= 15 is 0 Å². The van der Waals surface area contributed by atoms with Gasteiger partial charge >= 0.3 is 5.97 Å². The van der Waals surface area contributed by atoms with Crippen LogP contribution < -0.4 is 0 Å². The molecule has 1 heterocycles.